The van der Waals surface area contributed by atoms with Gasteiger partial charge in [0.05, 0.1) is 33.8 Å². The van der Waals surface area contributed by atoms with Gasteiger partial charge in [-0.2, -0.15) is 0 Å². The third-order valence-corrected chi connectivity index (χ3v) is 15.1. The molecule has 0 bridgehead atoms. The highest BCUT2D eigenvalue weighted by molar-refractivity contribution is 7.45. The number of hydrogen-bond donors (Lipinski definition) is 1. The highest BCUT2D eigenvalue weighted by Gasteiger charge is 2.27. The first-order valence-electron chi connectivity index (χ1n) is 32.4. The van der Waals surface area contributed by atoms with E-state index in [1.165, 1.54) is 154 Å². The van der Waals surface area contributed by atoms with Crippen molar-refractivity contribution in [2.75, 3.05) is 40.9 Å². The van der Waals surface area contributed by atoms with Gasteiger partial charge in [-0.1, -0.05) is 267 Å². The molecule has 0 aromatic carbocycles. The molecule has 0 radical (unpaired) electrons. The summed E-state index contributed by atoms with van der Waals surface area (Å²) in [7, 11) is 1.17. The zero-order chi connectivity index (χ0) is 57.2. The second-order valence-corrected chi connectivity index (χ2v) is 24.4. The molecule has 452 valence electrons. The number of phosphoric ester groups is 1. The maximum absolute atomic E-state index is 13.6. The summed E-state index contributed by atoms with van der Waals surface area (Å²) in [6, 6.07) is -0.898. The monoisotopic (exact) mass is 1110 g/mol. The molecule has 1 amide bonds. The molecule has 0 aliphatic rings. The van der Waals surface area contributed by atoms with Gasteiger partial charge in [-0.15, -0.1) is 0 Å². The van der Waals surface area contributed by atoms with E-state index < -0.39 is 26.6 Å². The van der Waals surface area contributed by atoms with Crippen molar-refractivity contribution < 1.29 is 37.3 Å². The van der Waals surface area contributed by atoms with Gasteiger partial charge in [0.15, 0.2) is 0 Å². The number of carbonyl (C=O) groups excluding carboxylic acids is 2. The summed E-state index contributed by atoms with van der Waals surface area (Å²) in [5.41, 5.74) is 0. The van der Waals surface area contributed by atoms with Crippen LogP contribution in [0.1, 0.15) is 284 Å². The van der Waals surface area contributed by atoms with Crippen LogP contribution in [0.15, 0.2) is 85.1 Å². The number of likely N-dealkylation sites (N-methyl/N-ethyl adjacent to an activating group) is 1. The van der Waals surface area contributed by atoms with Gasteiger partial charge in [0.1, 0.15) is 19.3 Å². The van der Waals surface area contributed by atoms with Crippen LogP contribution in [0.3, 0.4) is 0 Å². The van der Waals surface area contributed by atoms with Gasteiger partial charge in [-0.25, -0.2) is 0 Å². The lowest BCUT2D eigenvalue weighted by Gasteiger charge is -2.30. The minimum Gasteiger partial charge on any atom is -0.756 e. The van der Waals surface area contributed by atoms with E-state index in [4.69, 9.17) is 13.8 Å². The molecule has 0 aliphatic carbocycles. The standard InChI is InChI=1S/C68H123N2O7P/c1-7-10-13-16-19-22-25-28-30-31-32-33-34-35-36-37-38-39-41-42-45-48-51-54-57-60-67(71)69-65(64-76-78(73,74)75-63-62-70(4,5)6)66(59-56-53-50-47-44-27-24-21-18-15-12-9-3)77-68(72)61-58-55-52-49-46-43-40-29-26-23-20-17-14-11-8-2/h11,14,17,19-20,22-23,26,28,30,32-33,56,59,65-66H,7-10,12-13,15-16,18,21,24-25,27,29,31,34-55,57-58,60-64H2,1-6H3,(H-,69,71,73,74)/b14-11+,20-17+,22-19-,26-23+,30-28-,33-32-,59-56-. The van der Waals surface area contributed by atoms with E-state index in [1.54, 1.807) is 0 Å². The predicted molar refractivity (Wildman–Crippen MR) is 335 cm³/mol. The Labute approximate surface area is 482 Å². The lowest BCUT2D eigenvalue weighted by molar-refractivity contribution is -0.870. The zero-order valence-corrected chi connectivity index (χ0v) is 52.5. The smallest absolute Gasteiger partial charge is 0.306 e. The fraction of sp³-hybridized carbons (Fsp3) is 0.765. The van der Waals surface area contributed by atoms with Gasteiger partial charge in [0.25, 0.3) is 7.82 Å². The second kappa shape index (κ2) is 57.4. The average molecular weight is 1110 g/mol. The van der Waals surface area contributed by atoms with E-state index in [2.05, 4.69) is 99.0 Å². The van der Waals surface area contributed by atoms with Crippen molar-refractivity contribution in [2.24, 2.45) is 0 Å². The molecule has 10 heteroatoms. The molecule has 0 aliphatic heterocycles. The highest BCUT2D eigenvalue weighted by Crippen LogP contribution is 2.38. The van der Waals surface area contributed by atoms with Crippen LogP contribution < -0.4 is 10.2 Å². The number of rotatable bonds is 58. The van der Waals surface area contributed by atoms with Crippen molar-refractivity contribution in [3.8, 4) is 0 Å². The number of ether oxygens (including phenoxy) is 1. The lowest BCUT2D eigenvalue weighted by Crippen LogP contribution is -2.47. The number of nitrogens with one attached hydrogen (secondary N) is 1. The average Bonchev–Trinajstić information content (AvgIpc) is 3.40. The quantitative estimate of drug-likeness (QED) is 0.0161. The fourth-order valence-electron chi connectivity index (χ4n) is 9.12. The topological polar surface area (TPSA) is 114 Å². The first-order valence-corrected chi connectivity index (χ1v) is 33.9. The number of allylic oxidation sites excluding steroid dienone is 13. The van der Waals surface area contributed by atoms with Gasteiger partial charge in [0, 0.05) is 12.8 Å². The molecule has 1 N–H and O–H groups in total. The number of amides is 1. The predicted octanol–water partition coefficient (Wildman–Crippen LogP) is 19.5. The Morgan fingerprint density at radius 3 is 1.36 bits per heavy atom. The zero-order valence-electron chi connectivity index (χ0n) is 51.6. The van der Waals surface area contributed by atoms with Crippen LogP contribution in [0.2, 0.25) is 0 Å². The van der Waals surface area contributed by atoms with E-state index in [0.717, 1.165) is 89.9 Å². The Balaban J connectivity index is 5.12. The Hall–Kier alpha value is -2.81. The summed E-state index contributed by atoms with van der Waals surface area (Å²) in [4.78, 5) is 40.0. The Bertz CT molecular complexity index is 1610. The Morgan fingerprint density at radius 1 is 0.474 bits per heavy atom. The van der Waals surface area contributed by atoms with Crippen molar-refractivity contribution in [3.05, 3.63) is 85.1 Å². The van der Waals surface area contributed by atoms with Crippen molar-refractivity contribution in [3.63, 3.8) is 0 Å². The molecule has 0 aromatic heterocycles. The Kier molecular flexibility index (Phi) is 55.4. The van der Waals surface area contributed by atoms with Crippen LogP contribution in [0.5, 0.6) is 0 Å². The molecule has 3 unspecified atom stereocenters. The number of hydrogen-bond acceptors (Lipinski definition) is 7. The highest BCUT2D eigenvalue weighted by atomic mass is 31.2. The van der Waals surface area contributed by atoms with Crippen molar-refractivity contribution >= 4 is 19.7 Å². The lowest BCUT2D eigenvalue weighted by atomic mass is 10.0. The van der Waals surface area contributed by atoms with Crippen LogP contribution in [0.4, 0.5) is 0 Å². The van der Waals surface area contributed by atoms with E-state index >= 15 is 0 Å². The summed E-state index contributed by atoms with van der Waals surface area (Å²) >= 11 is 0. The molecule has 0 heterocycles. The fourth-order valence-corrected chi connectivity index (χ4v) is 9.84. The minimum absolute atomic E-state index is 0.0276. The maximum Gasteiger partial charge on any atom is 0.306 e. The maximum atomic E-state index is 13.6. The molecule has 78 heavy (non-hydrogen) atoms. The molecule has 0 saturated heterocycles. The van der Waals surface area contributed by atoms with E-state index in [0.29, 0.717) is 23.9 Å². The molecule has 0 fully saturated rings. The van der Waals surface area contributed by atoms with Crippen LogP contribution >= 0.6 is 7.82 Å². The number of phosphoric acid groups is 1. The molecule has 0 saturated carbocycles. The third kappa shape index (κ3) is 57.9. The van der Waals surface area contributed by atoms with Crippen molar-refractivity contribution in [2.45, 2.75) is 296 Å². The molecular formula is C68H123N2O7P. The molecule has 0 aromatic rings. The first kappa shape index (κ1) is 75.2. The summed E-state index contributed by atoms with van der Waals surface area (Å²) < 4.78 is 30.3. The van der Waals surface area contributed by atoms with Crippen molar-refractivity contribution in [1.82, 2.24) is 5.32 Å². The van der Waals surface area contributed by atoms with Gasteiger partial charge < -0.3 is 28.5 Å². The number of carbonyl (C=O) groups is 2. The van der Waals surface area contributed by atoms with Gasteiger partial charge in [0.2, 0.25) is 5.91 Å². The Morgan fingerprint density at radius 2 is 0.872 bits per heavy atom. The molecule has 0 rings (SSSR count). The van der Waals surface area contributed by atoms with Crippen molar-refractivity contribution in [1.29, 1.82) is 0 Å². The number of unbranched alkanes of at least 4 members (excludes halogenated alkanes) is 32. The largest absolute Gasteiger partial charge is 0.756 e. The summed E-state index contributed by atoms with van der Waals surface area (Å²) in [6.45, 7) is 6.69. The molecule has 3 atom stereocenters. The molecule has 0 spiro atoms. The molecular weight excluding hydrogens is 988 g/mol. The summed E-state index contributed by atoms with van der Waals surface area (Å²) in [5, 5.41) is 3.03. The van der Waals surface area contributed by atoms with E-state index in [1.807, 2.05) is 33.3 Å². The van der Waals surface area contributed by atoms with E-state index in [9.17, 15) is 19.0 Å². The van der Waals surface area contributed by atoms with Gasteiger partial charge in [-0.05, 0) is 89.5 Å². The number of esters is 1. The van der Waals surface area contributed by atoms with Crippen LogP contribution in [0.25, 0.3) is 0 Å². The first-order chi connectivity index (χ1) is 37.9. The normalized spacial score (nSPS) is 14.2. The van der Waals surface area contributed by atoms with Gasteiger partial charge in [-0.3, -0.25) is 14.2 Å². The third-order valence-electron chi connectivity index (χ3n) is 14.1. The summed E-state index contributed by atoms with van der Waals surface area (Å²) in [6.07, 6.45) is 75.5. The van der Waals surface area contributed by atoms with Crippen LogP contribution in [-0.4, -0.2) is 69.4 Å². The second-order valence-electron chi connectivity index (χ2n) is 22.9. The van der Waals surface area contributed by atoms with Gasteiger partial charge >= 0.3 is 5.97 Å². The van der Waals surface area contributed by atoms with Crippen LogP contribution in [0, 0.1) is 0 Å². The SMILES string of the molecule is CC/C=C/C=C/C=C/CCCCCCCCCC(=O)OC(/C=C\CCCCCCCCCCCC)C(COP(=O)([O-])OCC[N+](C)(C)C)NC(=O)CCCCCCCCCCCCCC/C=C\C/C=C\C/C=C\CCCCC. The number of quaternary nitrogens is 1. The summed E-state index contributed by atoms with van der Waals surface area (Å²) in [5.74, 6) is -0.555. The van der Waals surface area contributed by atoms with Crippen LogP contribution in [-0.2, 0) is 27.9 Å². The minimum atomic E-state index is -4.71. The number of nitrogens with zero attached hydrogens (tertiary/aromatic N) is 1. The molecule has 9 nitrogen and oxygen atoms in total. The van der Waals surface area contributed by atoms with E-state index in [-0.39, 0.29) is 24.9 Å².